The van der Waals surface area contributed by atoms with Crippen molar-refractivity contribution in [1.82, 2.24) is 10.2 Å². The number of amides is 2. The normalized spacial score (nSPS) is 11.0. The van der Waals surface area contributed by atoms with Gasteiger partial charge in [-0.25, -0.2) is 0 Å². The Morgan fingerprint density at radius 2 is 2.05 bits per heavy atom. The van der Waals surface area contributed by atoms with Gasteiger partial charge in [0.15, 0.2) is 0 Å². The smallest absolute Gasteiger partial charge is 0.303 e. The first-order valence-corrected chi connectivity index (χ1v) is 7.41. The van der Waals surface area contributed by atoms with Crippen molar-refractivity contribution in [3.8, 4) is 0 Å². The molecule has 0 aliphatic carbocycles. The second kappa shape index (κ2) is 7.21. The van der Waals surface area contributed by atoms with E-state index in [-0.39, 0.29) is 24.8 Å². The zero-order valence-corrected chi connectivity index (χ0v) is 13.2. The Kier molecular flexibility index (Phi) is 5.90. The zero-order chi connectivity index (χ0) is 16.0. The van der Waals surface area contributed by atoms with Crippen molar-refractivity contribution in [2.75, 3.05) is 13.6 Å². The number of nitrogens with one attached hydrogen (secondary N) is 1. The highest BCUT2D eigenvalue weighted by molar-refractivity contribution is 7.12. The fourth-order valence-corrected chi connectivity index (χ4v) is 2.49. The minimum atomic E-state index is -0.901. The maximum Gasteiger partial charge on any atom is 0.303 e. The molecule has 0 saturated carbocycles. The van der Waals surface area contributed by atoms with E-state index in [1.165, 1.54) is 16.2 Å². The molecule has 1 aromatic heterocycles. The van der Waals surface area contributed by atoms with Gasteiger partial charge in [-0.2, -0.15) is 0 Å². The van der Waals surface area contributed by atoms with Crippen LogP contribution >= 0.6 is 11.3 Å². The summed E-state index contributed by atoms with van der Waals surface area (Å²) in [5.74, 6) is -1.41. The quantitative estimate of drug-likeness (QED) is 0.800. The van der Waals surface area contributed by atoms with Gasteiger partial charge >= 0.3 is 5.97 Å². The fraction of sp³-hybridized carbons (Fsp3) is 0.500. The number of aliphatic carboxylic acids is 1. The lowest BCUT2D eigenvalue weighted by molar-refractivity contribution is -0.137. The summed E-state index contributed by atoms with van der Waals surface area (Å²) in [6.45, 7) is 3.46. The van der Waals surface area contributed by atoms with E-state index in [4.69, 9.17) is 5.11 Å². The van der Waals surface area contributed by atoms with Crippen molar-refractivity contribution < 1.29 is 19.5 Å². The van der Waals surface area contributed by atoms with Crippen LogP contribution in [0.4, 0.5) is 0 Å². The lowest BCUT2D eigenvalue weighted by Gasteiger charge is -2.27. The van der Waals surface area contributed by atoms with Crippen LogP contribution in [0.3, 0.4) is 0 Å². The highest BCUT2D eigenvalue weighted by Gasteiger charge is 2.23. The minimum absolute atomic E-state index is 0.0166. The molecule has 0 spiro atoms. The number of rotatable bonds is 7. The second-order valence-corrected chi connectivity index (χ2v) is 6.41. The van der Waals surface area contributed by atoms with Gasteiger partial charge in [-0.3, -0.25) is 14.4 Å². The largest absolute Gasteiger partial charge is 0.481 e. The van der Waals surface area contributed by atoms with E-state index in [0.29, 0.717) is 11.3 Å². The molecule has 1 aromatic rings. The molecule has 116 valence electrons. The van der Waals surface area contributed by atoms with Gasteiger partial charge in [0.25, 0.3) is 5.91 Å². The average Bonchev–Trinajstić information content (AvgIpc) is 2.88. The number of hydrogen-bond donors (Lipinski definition) is 2. The number of carboxylic acid groups (broad SMARTS) is 1. The summed E-state index contributed by atoms with van der Waals surface area (Å²) in [5, 5.41) is 13.2. The molecule has 0 aliphatic rings. The van der Waals surface area contributed by atoms with Crippen LogP contribution in [0.1, 0.15) is 36.4 Å². The van der Waals surface area contributed by atoms with E-state index < -0.39 is 11.5 Å². The maximum absolute atomic E-state index is 12.0. The molecule has 0 unspecified atom stereocenters. The molecule has 1 rings (SSSR count). The van der Waals surface area contributed by atoms with Crippen LogP contribution in [0.15, 0.2) is 17.5 Å². The van der Waals surface area contributed by atoms with E-state index in [1.54, 1.807) is 38.4 Å². The van der Waals surface area contributed by atoms with Crippen molar-refractivity contribution in [3.05, 3.63) is 22.4 Å². The molecular formula is C14H20N2O4S. The van der Waals surface area contributed by atoms with Gasteiger partial charge in [-0.15, -0.1) is 11.3 Å². The predicted molar refractivity (Wildman–Crippen MR) is 80.4 cm³/mol. The number of carbonyl (C=O) groups is 3. The Balaban J connectivity index is 2.49. The molecular weight excluding hydrogens is 292 g/mol. The van der Waals surface area contributed by atoms with Gasteiger partial charge in [0, 0.05) is 19.0 Å². The monoisotopic (exact) mass is 312 g/mol. The fourth-order valence-electron chi connectivity index (χ4n) is 1.77. The molecule has 2 N–H and O–H groups in total. The average molecular weight is 312 g/mol. The number of nitrogens with zero attached hydrogens (tertiary/aromatic N) is 1. The van der Waals surface area contributed by atoms with Gasteiger partial charge < -0.3 is 15.3 Å². The summed E-state index contributed by atoms with van der Waals surface area (Å²) in [6.07, 6.45) is 0.313. The van der Waals surface area contributed by atoms with Crippen molar-refractivity contribution in [2.24, 2.45) is 0 Å². The highest BCUT2D eigenvalue weighted by atomic mass is 32.1. The minimum Gasteiger partial charge on any atom is -0.481 e. The molecule has 6 nitrogen and oxygen atoms in total. The lowest BCUT2D eigenvalue weighted by atomic mass is 9.98. The standard InChI is InChI=1S/C14H20N2O4S/c1-14(2,7-6-12(18)19)15-11(17)9-16(3)13(20)10-5-4-8-21-10/h4-5,8H,6-7,9H2,1-3H3,(H,15,17)(H,18,19). The van der Waals surface area contributed by atoms with E-state index in [1.807, 2.05) is 0 Å². The molecule has 0 atom stereocenters. The number of carbonyl (C=O) groups excluding carboxylic acids is 2. The first-order valence-electron chi connectivity index (χ1n) is 6.53. The lowest BCUT2D eigenvalue weighted by Crippen LogP contribution is -2.48. The van der Waals surface area contributed by atoms with Crippen molar-refractivity contribution in [3.63, 3.8) is 0 Å². The molecule has 0 aliphatic heterocycles. The van der Waals surface area contributed by atoms with Gasteiger partial charge in [-0.05, 0) is 31.7 Å². The Labute approximate surface area is 127 Å². The Morgan fingerprint density at radius 3 is 2.57 bits per heavy atom. The van der Waals surface area contributed by atoms with Gasteiger partial charge in [0.2, 0.25) is 5.91 Å². The van der Waals surface area contributed by atoms with Crippen molar-refractivity contribution in [1.29, 1.82) is 0 Å². The molecule has 0 aromatic carbocycles. The molecule has 0 saturated heterocycles. The topological polar surface area (TPSA) is 86.7 Å². The number of carboxylic acids is 1. The van der Waals surface area contributed by atoms with Crippen molar-refractivity contribution in [2.45, 2.75) is 32.2 Å². The van der Waals surface area contributed by atoms with E-state index in [9.17, 15) is 14.4 Å². The zero-order valence-electron chi connectivity index (χ0n) is 12.4. The predicted octanol–water partition coefficient (Wildman–Crippen LogP) is 1.58. The molecule has 0 fully saturated rings. The summed E-state index contributed by atoms with van der Waals surface area (Å²) < 4.78 is 0. The van der Waals surface area contributed by atoms with Crippen LogP contribution in [-0.2, 0) is 9.59 Å². The molecule has 2 amide bonds. The Hall–Kier alpha value is -1.89. The Bertz CT molecular complexity index is 511. The first-order chi connectivity index (χ1) is 9.71. The molecule has 21 heavy (non-hydrogen) atoms. The number of thiophene rings is 1. The second-order valence-electron chi connectivity index (χ2n) is 5.46. The van der Waals surface area contributed by atoms with Crippen LogP contribution in [0.5, 0.6) is 0 Å². The van der Waals surface area contributed by atoms with E-state index >= 15 is 0 Å². The molecule has 0 bridgehead atoms. The third-order valence-corrected chi connectivity index (χ3v) is 3.76. The van der Waals surface area contributed by atoms with Gasteiger partial charge in [0.1, 0.15) is 0 Å². The third kappa shape index (κ3) is 5.95. The van der Waals surface area contributed by atoms with E-state index in [0.717, 1.165) is 0 Å². The maximum atomic E-state index is 12.0. The summed E-state index contributed by atoms with van der Waals surface area (Å²) in [5.41, 5.74) is -0.623. The Morgan fingerprint density at radius 1 is 1.38 bits per heavy atom. The summed E-state index contributed by atoms with van der Waals surface area (Å²) >= 11 is 1.32. The van der Waals surface area contributed by atoms with Crippen LogP contribution in [0.2, 0.25) is 0 Å². The summed E-state index contributed by atoms with van der Waals surface area (Å²) in [7, 11) is 1.56. The van der Waals surface area contributed by atoms with Gasteiger partial charge in [0.05, 0.1) is 11.4 Å². The molecule has 0 radical (unpaired) electrons. The number of likely N-dealkylation sites (N-methyl/N-ethyl adjacent to an activating group) is 1. The van der Waals surface area contributed by atoms with E-state index in [2.05, 4.69) is 5.32 Å². The van der Waals surface area contributed by atoms with Crippen LogP contribution < -0.4 is 5.32 Å². The molecule has 1 heterocycles. The van der Waals surface area contributed by atoms with Crippen LogP contribution in [0.25, 0.3) is 0 Å². The van der Waals surface area contributed by atoms with Gasteiger partial charge in [-0.1, -0.05) is 6.07 Å². The number of hydrogen-bond acceptors (Lipinski definition) is 4. The summed E-state index contributed by atoms with van der Waals surface area (Å²) in [6, 6.07) is 3.49. The highest BCUT2D eigenvalue weighted by Crippen LogP contribution is 2.13. The third-order valence-electron chi connectivity index (χ3n) is 2.90. The first kappa shape index (κ1) is 17.2. The molecule has 7 heteroatoms. The SMILES string of the molecule is CN(CC(=O)NC(C)(C)CCC(=O)O)C(=O)c1cccs1. The van der Waals surface area contributed by atoms with Crippen molar-refractivity contribution >= 4 is 29.1 Å². The van der Waals surface area contributed by atoms with Crippen LogP contribution in [0, 0.1) is 0 Å². The summed E-state index contributed by atoms with van der Waals surface area (Å²) in [4.78, 5) is 36.4. The van der Waals surface area contributed by atoms with Crippen LogP contribution in [-0.4, -0.2) is 46.9 Å².